The third kappa shape index (κ3) is 3.08. The normalized spacial score (nSPS) is 16.3. The molecule has 1 aromatic rings. The zero-order valence-corrected chi connectivity index (χ0v) is 9.99. The fourth-order valence-corrected chi connectivity index (χ4v) is 1.70. The third-order valence-electron chi connectivity index (χ3n) is 2.40. The predicted molar refractivity (Wildman–Crippen MR) is 60.5 cm³/mol. The summed E-state index contributed by atoms with van der Waals surface area (Å²) in [6.45, 7) is 9.01. The van der Waals surface area contributed by atoms with Crippen LogP contribution in [0.5, 0.6) is 0 Å². The van der Waals surface area contributed by atoms with Gasteiger partial charge in [0.25, 0.3) is 0 Å². The molecule has 0 aliphatic rings. The van der Waals surface area contributed by atoms with Crippen LogP contribution in [0.3, 0.4) is 0 Å². The fourth-order valence-electron chi connectivity index (χ4n) is 1.70. The standard InChI is InChI=1S/C12H21NO2/c1-5-14-11(12(2,3)4)10(13)9-7-6-8-15-9/h6-8,10-11H,5,13H2,1-4H3. The van der Waals surface area contributed by atoms with Crippen molar-refractivity contribution < 1.29 is 9.15 Å². The molecular formula is C12H21NO2. The van der Waals surface area contributed by atoms with Crippen molar-refractivity contribution in [1.82, 2.24) is 0 Å². The van der Waals surface area contributed by atoms with E-state index < -0.39 is 0 Å². The Labute approximate surface area is 91.6 Å². The second kappa shape index (κ2) is 4.81. The van der Waals surface area contributed by atoms with E-state index in [0.717, 1.165) is 5.76 Å². The minimum atomic E-state index is -0.208. The van der Waals surface area contributed by atoms with Gasteiger partial charge in [-0.3, -0.25) is 0 Å². The number of hydrogen-bond acceptors (Lipinski definition) is 3. The fraction of sp³-hybridized carbons (Fsp3) is 0.667. The molecule has 0 saturated carbocycles. The van der Waals surface area contributed by atoms with Crippen molar-refractivity contribution in [2.24, 2.45) is 11.1 Å². The molecule has 1 aromatic heterocycles. The Morgan fingerprint density at radius 2 is 2.13 bits per heavy atom. The van der Waals surface area contributed by atoms with Crippen LogP contribution < -0.4 is 5.73 Å². The lowest BCUT2D eigenvalue weighted by molar-refractivity contribution is -0.0321. The number of furan rings is 1. The van der Waals surface area contributed by atoms with Gasteiger partial charge in [0.15, 0.2) is 0 Å². The first kappa shape index (κ1) is 12.3. The summed E-state index contributed by atoms with van der Waals surface area (Å²) in [6, 6.07) is 3.53. The maximum atomic E-state index is 6.14. The Balaban J connectivity index is 2.81. The van der Waals surface area contributed by atoms with Crippen LogP contribution in [0.25, 0.3) is 0 Å². The Bertz CT molecular complexity index is 274. The molecule has 1 heterocycles. The van der Waals surface area contributed by atoms with Gasteiger partial charge in [-0.1, -0.05) is 20.8 Å². The largest absolute Gasteiger partial charge is 0.468 e. The summed E-state index contributed by atoms with van der Waals surface area (Å²) in [6.07, 6.45) is 1.61. The second-order valence-electron chi connectivity index (χ2n) is 4.78. The van der Waals surface area contributed by atoms with E-state index >= 15 is 0 Å². The van der Waals surface area contributed by atoms with E-state index in [-0.39, 0.29) is 17.6 Å². The molecule has 1 rings (SSSR count). The zero-order valence-electron chi connectivity index (χ0n) is 9.99. The average Bonchev–Trinajstić information content (AvgIpc) is 2.63. The predicted octanol–water partition coefficient (Wildman–Crippen LogP) is 2.73. The number of hydrogen-bond donors (Lipinski definition) is 1. The summed E-state index contributed by atoms with van der Waals surface area (Å²) in [5.41, 5.74) is 6.14. The average molecular weight is 211 g/mol. The van der Waals surface area contributed by atoms with Gasteiger partial charge in [-0.15, -0.1) is 0 Å². The van der Waals surface area contributed by atoms with Gasteiger partial charge in [-0.25, -0.2) is 0 Å². The summed E-state index contributed by atoms with van der Waals surface area (Å²) in [7, 11) is 0. The van der Waals surface area contributed by atoms with Crippen molar-refractivity contribution in [3.63, 3.8) is 0 Å². The van der Waals surface area contributed by atoms with Crippen molar-refractivity contribution >= 4 is 0 Å². The van der Waals surface area contributed by atoms with E-state index in [1.54, 1.807) is 6.26 Å². The van der Waals surface area contributed by atoms with Gasteiger partial charge in [0.05, 0.1) is 18.4 Å². The summed E-state index contributed by atoms with van der Waals surface area (Å²) in [5, 5.41) is 0. The minimum absolute atomic E-state index is 0.00220. The molecule has 3 nitrogen and oxygen atoms in total. The van der Waals surface area contributed by atoms with Gasteiger partial charge in [0.1, 0.15) is 5.76 Å². The van der Waals surface area contributed by atoms with E-state index in [0.29, 0.717) is 6.61 Å². The zero-order chi connectivity index (χ0) is 11.5. The van der Waals surface area contributed by atoms with Crippen LogP contribution in [-0.4, -0.2) is 12.7 Å². The van der Waals surface area contributed by atoms with Gasteiger partial charge in [0, 0.05) is 6.61 Å². The lowest BCUT2D eigenvalue weighted by Gasteiger charge is -2.33. The summed E-state index contributed by atoms with van der Waals surface area (Å²) in [5.74, 6) is 0.781. The highest BCUT2D eigenvalue weighted by atomic mass is 16.5. The highest BCUT2D eigenvalue weighted by Gasteiger charge is 2.32. The molecule has 3 heteroatoms. The molecule has 0 aromatic carbocycles. The lowest BCUT2D eigenvalue weighted by Crippen LogP contribution is -2.39. The maximum Gasteiger partial charge on any atom is 0.123 e. The molecule has 0 bridgehead atoms. The lowest BCUT2D eigenvalue weighted by atomic mass is 9.84. The first-order chi connectivity index (χ1) is 6.96. The molecule has 0 aliphatic heterocycles. The molecule has 0 spiro atoms. The van der Waals surface area contributed by atoms with Crippen LogP contribution in [0.4, 0.5) is 0 Å². The Kier molecular flexibility index (Phi) is 3.94. The highest BCUT2D eigenvalue weighted by Crippen LogP contribution is 2.31. The molecule has 0 fully saturated rings. The summed E-state index contributed by atoms with van der Waals surface area (Å²) < 4.78 is 11.0. The van der Waals surface area contributed by atoms with Gasteiger partial charge in [-0.05, 0) is 24.5 Å². The summed E-state index contributed by atoms with van der Waals surface area (Å²) >= 11 is 0. The molecule has 2 unspecified atom stereocenters. The molecular weight excluding hydrogens is 190 g/mol. The molecule has 2 atom stereocenters. The van der Waals surface area contributed by atoms with Crippen LogP contribution in [-0.2, 0) is 4.74 Å². The van der Waals surface area contributed by atoms with E-state index in [2.05, 4.69) is 20.8 Å². The first-order valence-corrected chi connectivity index (χ1v) is 5.37. The van der Waals surface area contributed by atoms with Crippen molar-refractivity contribution in [2.45, 2.75) is 39.8 Å². The Morgan fingerprint density at radius 3 is 2.53 bits per heavy atom. The molecule has 86 valence electrons. The van der Waals surface area contributed by atoms with Gasteiger partial charge in [0.2, 0.25) is 0 Å². The van der Waals surface area contributed by atoms with Crippen molar-refractivity contribution in [3.05, 3.63) is 24.2 Å². The van der Waals surface area contributed by atoms with Crippen LogP contribution in [0, 0.1) is 5.41 Å². The van der Waals surface area contributed by atoms with Crippen LogP contribution in [0.1, 0.15) is 39.5 Å². The molecule has 0 saturated heterocycles. The van der Waals surface area contributed by atoms with Crippen LogP contribution in [0.15, 0.2) is 22.8 Å². The quantitative estimate of drug-likeness (QED) is 0.833. The first-order valence-electron chi connectivity index (χ1n) is 5.37. The third-order valence-corrected chi connectivity index (χ3v) is 2.40. The Hall–Kier alpha value is -0.800. The molecule has 0 amide bonds. The summed E-state index contributed by atoms with van der Waals surface area (Å²) in [4.78, 5) is 0. The SMILES string of the molecule is CCOC(C(N)c1ccco1)C(C)(C)C. The van der Waals surface area contributed by atoms with Crippen molar-refractivity contribution in [1.29, 1.82) is 0 Å². The van der Waals surface area contributed by atoms with Gasteiger partial charge in [-0.2, -0.15) is 0 Å². The number of ether oxygens (including phenoxy) is 1. The van der Waals surface area contributed by atoms with Gasteiger partial charge >= 0.3 is 0 Å². The highest BCUT2D eigenvalue weighted by molar-refractivity contribution is 5.07. The van der Waals surface area contributed by atoms with Crippen molar-refractivity contribution in [3.8, 4) is 0 Å². The van der Waals surface area contributed by atoms with Gasteiger partial charge < -0.3 is 14.9 Å². The second-order valence-corrected chi connectivity index (χ2v) is 4.78. The van der Waals surface area contributed by atoms with E-state index in [9.17, 15) is 0 Å². The van der Waals surface area contributed by atoms with Crippen LogP contribution >= 0.6 is 0 Å². The monoisotopic (exact) mass is 211 g/mol. The molecule has 0 radical (unpaired) electrons. The smallest absolute Gasteiger partial charge is 0.123 e. The van der Waals surface area contributed by atoms with E-state index in [4.69, 9.17) is 14.9 Å². The topological polar surface area (TPSA) is 48.4 Å². The van der Waals surface area contributed by atoms with Crippen molar-refractivity contribution in [2.75, 3.05) is 6.61 Å². The van der Waals surface area contributed by atoms with Crippen LogP contribution in [0.2, 0.25) is 0 Å². The minimum Gasteiger partial charge on any atom is -0.468 e. The van der Waals surface area contributed by atoms with E-state index in [1.165, 1.54) is 0 Å². The Morgan fingerprint density at radius 1 is 1.47 bits per heavy atom. The molecule has 15 heavy (non-hydrogen) atoms. The van der Waals surface area contributed by atoms with E-state index in [1.807, 2.05) is 19.1 Å². The maximum absolute atomic E-state index is 6.14. The number of rotatable bonds is 4. The molecule has 0 aliphatic carbocycles. The molecule has 2 N–H and O–H groups in total. The number of nitrogens with two attached hydrogens (primary N) is 1.